The number of ether oxygens (including phenoxy) is 1. The first-order valence-corrected chi connectivity index (χ1v) is 8.95. The molecule has 1 aliphatic heterocycles. The van der Waals surface area contributed by atoms with Crippen LogP contribution in [0, 0.1) is 12.8 Å². The fraction of sp³-hybridized carbons (Fsp3) is 0.722. The molecule has 0 radical (unpaired) electrons. The van der Waals surface area contributed by atoms with E-state index in [0.717, 1.165) is 25.8 Å². The molecule has 1 aromatic heterocycles. The van der Waals surface area contributed by atoms with Gasteiger partial charge >= 0.3 is 0 Å². The van der Waals surface area contributed by atoms with Crippen LogP contribution in [0.3, 0.4) is 0 Å². The number of rotatable bonds is 4. The van der Waals surface area contributed by atoms with E-state index in [9.17, 15) is 4.79 Å². The summed E-state index contributed by atoms with van der Waals surface area (Å²) in [5.41, 5.74) is 0. The van der Waals surface area contributed by atoms with Crippen LogP contribution in [0.5, 0.6) is 5.88 Å². The molecule has 2 fully saturated rings. The maximum Gasteiger partial charge on any atom is 0.222 e. The summed E-state index contributed by atoms with van der Waals surface area (Å²) in [5, 5.41) is 0. The van der Waals surface area contributed by atoms with Crippen molar-refractivity contribution in [1.82, 2.24) is 14.9 Å². The lowest BCUT2D eigenvalue weighted by Gasteiger charge is -2.34. The molecule has 1 amide bonds. The van der Waals surface area contributed by atoms with Crippen LogP contribution in [0.2, 0.25) is 0 Å². The van der Waals surface area contributed by atoms with Gasteiger partial charge in [0.2, 0.25) is 11.8 Å². The third-order valence-electron chi connectivity index (χ3n) is 4.96. The van der Waals surface area contributed by atoms with Crippen molar-refractivity contribution in [2.75, 3.05) is 13.1 Å². The maximum absolute atomic E-state index is 12.6. The molecule has 0 spiro atoms. The third kappa shape index (κ3) is 4.66. The number of carbonyl (C=O) groups is 1. The van der Waals surface area contributed by atoms with Crippen LogP contribution in [0.4, 0.5) is 0 Å². The summed E-state index contributed by atoms with van der Waals surface area (Å²) < 4.78 is 5.96. The van der Waals surface area contributed by atoms with E-state index in [2.05, 4.69) is 9.97 Å². The van der Waals surface area contributed by atoms with Crippen molar-refractivity contribution in [1.29, 1.82) is 0 Å². The van der Waals surface area contributed by atoms with Crippen LogP contribution >= 0.6 is 0 Å². The second-order valence-electron chi connectivity index (χ2n) is 6.87. The first kappa shape index (κ1) is 16.2. The molecule has 0 N–H and O–H groups in total. The van der Waals surface area contributed by atoms with Crippen molar-refractivity contribution in [2.24, 2.45) is 5.92 Å². The van der Waals surface area contributed by atoms with Gasteiger partial charge in [0.1, 0.15) is 11.9 Å². The molecule has 1 aliphatic carbocycles. The van der Waals surface area contributed by atoms with Crippen LogP contribution in [0.1, 0.15) is 57.2 Å². The van der Waals surface area contributed by atoms with E-state index < -0.39 is 0 Å². The number of amides is 1. The average molecular weight is 317 g/mol. The normalized spacial score (nSPS) is 22.8. The molecule has 1 saturated heterocycles. The molecular formula is C18H27N3O2. The minimum Gasteiger partial charge on any atom is -0.472 e. The van der Waals surface area contributed by atoms with Gasteiger partial charge in [-0.25, -0.2) is 4.98 Å². The highest BCUT2D eigenvalue weighted by atomic mass is 16.5. The molecular weight excluding hydrogens is 290 g/mol. The van der Waals surface area contributed by atoms with Crippen molar-refractivity contribution in [3.63, 3.8) is 0 Å². The molecule has 126 valence electrons. The van der Waals surface area contributed by atoms with Gasteiger partial charge < -0.3 is 9.64 Å². The topological polar surface area (TPSA) is 55.3 Å². The summed E-state index contributed by atoms with van der Waals surface area (Å²) in [7, 11) is 0. The predicted molar refractivity (Wildman–Crippen MR) is 88.2 cm³/mol. The summed E-state index contributed by atoms with van der Waals surface area (Å²) in [6.07, 6.45) is 10.8. The highest BCUT2D eigenvalue weighted by Gasteiger charge is 2.27. The van der Waals surface area contributed by atoms with Gasteiger partial charge in [0.25, 0.3) is 0 Å². The van der Waals surface area contributed by atoms with Crippen LogP contribution in [-0.4, -0.2) is 40.0 Å². The molecule has 1 atom stereocenters. The fourth-order valence-corrected chi connectivity index (χ4v) is 3.70. The van der Waals surface area contributed by atoms with Crippen LogP contribution in [0.15, 0.2) is 12.3 Å². The number of aryl methyl sites for hydroxylation is 1. The van der Waals surface area contributed by atoms with Gasteiger partial charge in [-0.1, -0.05) is 19.3 Å². The predicted octanol–water partition coefficient (Wildman–Crippen LogP) is 3.13. The third-order valence-corrected chi connectivity index (χ3v) is 4.96. The summed E-state index contributed by atoms with van der Waals surface area (Å²) in [6, 6.07) is 1.79. The summed E-state index contributed by atoms with van der Waals surface area (Å²) in [6.45, 7) is 3.41. The van der Waals surface area contributed by atoms with Crippen LogP contribution < -0.4 is 4.74 Å². The Morgan fingerprint density at radius 2 is 2.09 bits per heavy atom. The molecule has 0 bridgehead atoms. The van der Waals surface area contributed by atoms with E-state index >= 15 is 0 Å². The standard InChI is InChI=1S/C18H27N3O2/c1-14-19-10-9-17(20-14)23-16-8-5-11-21(13-16)18(22)12-15-6-3-2-4-7-15/h9-10,15-16H,2-8,11-13H2,1H3. The molecule has 1 aromatic rings. The summed E-state index contributed by atoms with van der Waals surface area (Å²) in [4.78, 5) is 22.9. The second kappa shape index (κ2) is 7.75. The maximum atomic E-state index is 12.6. The Kier molecular flexibility index (Phi) is 5.47. The molecule has 1 unspecified atom stereocenters. The smallest absolute Gasteiger partial charge is 0.222 e. The van der Waals surface area contributed by atoms with Crippen molar-refractivity contribution in [3.8, 4) is 5.88 Å². The van der Waals surface area contributed by atoms with Gasteiger partial charge in [-0.3, -0.25) is 4.79 Å². The van der Waals surface area contributed by atoms with E-state index in [1.54, 1.807) is 12.3 Å². The zero-order chi connectivity index (χ0) is 16.1. The Labute approximate surface area is 138 Å². The Hall–Kier alpha value is -1.65. The first-order valence-electron chi connectivity index (χ1n) is 8.95. The zero-order valence-electron chi connectivity index (χ0n) is 14.0. The number of aromatic nitrogens is 2. The number of likely N-dealkylation sites (tertiary alicyclic amines) is 1. The molecule has 2 heterocycles. The monoisotopic (exact) mass is 317 g/mol. The lowest BCUT2D eigenvalue weighted by molar-refractivity contribution is -0.135. The van der Waals surface area contributed by atoms with Gasteiger partial charge in [-0.2, -0.15) is 4.98 Å². The summed E-state index contributed by atoms with van der Waals surface area (Å²) >= 11 is 0. The van der Waals surface area contributed by atoms with Gasteiger partial charge in [-0.05, 0) is 38.5 Å². The number of hydrogen-bond donors (Lipinski definition) is 0. The molecule has 5 heteroatoms. The van der Waals surface area contributed by atoms with Crippen LogP contribution in [0.25, 0.3) is 0 Å². The molecule has 23 heavy (non-hydrogen) atoms. The number of piperidine rings is 1. The Morgan fingerprint density at radius 3 is 2.87 bits per heavy atom. The van der Waals surface area contributed by atoms with E-state index in [-0.39, 0.29) is 6.10 Å². The minimum atomic E-state index is 0.0494. The largest absolute Gasteiger partial charge is 0.472 e. The Bertz CT molecular complexity index is 529. The highest BCUT2D eigenvalue weighted by Crippen LogP contribution is 2.27. The molecule has 5 nitrogen and oxygen atoms in total. The van der Waals surface area contributed by atoms with E-state index in [4.69, 9.17) is 4.74 Å². The Balaban J connectivity index is 1.52. The number of nitrogens with zero attached hydrogens (tertiary/aromatic N) is 3. The van der Waals surface area contributed by atoms with Gasteiger partial charge in [0.05, 0.1) is 6.54 Å². The van der Waals surface area contributed by atoms with Crippen LogP contribution in [-0.2, 0) is 4.79 Å². The van der Waals surface area contributed by atoms with Crippen molar-refractivity contribution in [2.45, 2.75) is 64.4 Å². The van der Waals surface area contributed by atoms with Gasteiger partial charge in [-0.15, -0.1) is 0 Å². The highest BCUT2D eigenvalue weighted by molar-refractivity contribution is 5.76. The SMILES string of the molecule is Cc1nccc(OC2CCCN(C(=O)CC3CCCCC3)C2)n1. The molecule has 0 aromatic carbocycles. The molecule has 1 saturated carbocycles. The fourth-order valence-electron chi connectivity index (χ4n) is 3.70. The van der Waals surface area contributed by atoms with E-state index in [0.29, 0.717) is 30.1 Å². The van der Waals surface area contributed by atoms with Crippen molar-refractivity contribution in [3.05, 3.63) is 18.1 Å². The summed E-state index contributed by atoms with van der Waals surface area (Å²) in [5.74, 6) is 2.23. The Morgan fingerprint density at radius 1 is 1.26 bits per heavy atom. The second-order valence-corrected chi connectivity index (χ2v) is 6.87. The van der Waals surface area contributed by atoms with E-state index in [1.165, 1.54) is 32.1 Å². The van der Waals surface area contributed by atoms with Gasteiger partial charge in [0, 0.05) is 25.2 Å². The average Bonchev–Trinajstić information content (AvgIpc) is 2.56. The molecule has 3 rings (SSSR count). The zero-order valence-corrected chi connectivity index (χ0v) is 14.0. The van der Waals surface area contributed by atoms with Gasteiger partial charge in [0.15, 0.2) is 0 Å². The number of carbonyl (C=O) groups excluding carboxylic acids is 1. The molecule has 2 aliphatic rings. The van der Waals surface area contributed by atoms with Crippen molar-refractivity contribution >= 4 is 5.91 Å². The lowest BCUT2D eigenvalue weighted by atomic mass is 9.86. The first-order chi connectivity index (χ1) is 11.2. The lowest BCUT2D eigenvalue weighted by Crippen LogP contribution is -2.45. The van der Waals surface area contributed by atoms with E-state index in [1.807, 2.05) is 11.8 Å². The minimum absolute atomic E-state index is 0.0494. The van der Waals surface area contributed by atoms with Crippen molar-refractivity contribution < 1.29 is 9.53 Å². The quantitative estimate of drug-likeness (QED) is 0.856. The number of hydrogen-bond acceptors (Lipinski definition) is 4.